The van der Waals surface area contributed by atoms with E-state index < -0.39 is 5.09 Å². The molecule has 0 aliphatic carbocycles. The van der Waals surface area contributed by atoms with Crippen molar-refractivity contribution in [3.63, 3.8) is 0 Å². The normalized spacial score (nSPS) is 12.8. The van der Waals surface area contributed by atoms with Gasteiger partial charge in [-0.1, -0.05) is 30.3 Å². The number of nitriles is 1. The van der Waals surface area contributed by atoms with Crippen LogP contribution in [0.25, 0.3) is 0 Å². The van der Waals surface area contributed by atoms with Crippen molar-refractivity contribution in [1.82, 2.24) is 4.90 Å². The maximum Gasteiger partial charge on any atom is 0.291 e. The highest BCUT2D eigenvalue weighted by Crippen LogP contribution is 2.26. The van der Waals surface area contributed by atoms with Gasteiger partial charge in [-0.2, -0.15) is 5.26 Å². The lowest BCUT2D eigenvalue weighted by Gasteiger charge is -2.23. The Hall–Kier alpha value is -2.13. The summed E-state index contributed by atoms with van der Waals surface area (Å²) in [4.78, 5) is 10.5. The topological polar surface area (TPSA) is 90.4 Å². The van der Waals surface area contributed by atoms with Crippen molar-refractivity contribution in [3.05, 3.63) is 46.0 Å². The summed E-state index contributed by atoms with van der Waals surface area (Å²) in [6.45, 7) is 2.94. The van der Waals surface area contributed by atoms with Gasteiger partial charge >= 0.3 is 0 Å². The van der Waals surface area contributed by atoms with E-state index >= 15 is 0 Å². The average molecular weight is 265 g/mol. The summed E-state index contributed by atoms with van der Waals surface area (Å²) in [7, 11) is 4.06. The molecule has 1 atom stereocenters. The maximum absolute atomic E-state index is 9.28. The van der Waals surface area contributed by atoms with Crippen LogP contribution in [0.2, 0.25) is 0 Å². The third-order valence-corrected chi connectivity index (χ3v) is 2.72. The molecule has 0 fully saturated rings. The Bertz CT molecular complexity index is 425. The molecular formula is C13H19N3O3. The zero-order chi connectivity index (χ0) is 14.9. The van der Waals surface area contributed by atoms with Crippen LogP contribution in [-0.4, -0.2) is 35.8 Å². The van der Waals surface area contributed by atoms with Gasteiger partial charge in [0, 0.05) is 0 Å². The van der Waals surface area contributed by atoms with Crippen LogP contribution in [0.15, 0.2) is 30.3 Å². The first-order valence-corrected chi connectivity index (χ1v) is 5.76. The molecule has 104 valence electrons. The SMILES string of the molecule is CN(C)CCC(C)(C#N)c1ccccc1.O=[N+]([O-])O. The molecule has 1 rings (SSSR count). The van der Waals surface area contributed by atoms with Crippen LogP contribution in [0.4, 0.5) is 0 Å². The summed E-state index contributed by atoms with van der Waals surface area (Å²) >= 11 is 0. The molecule has 1 N–H and O–H groups in total. The van der Waals surface area contributed by atoms with Crippen LogP contribution in [-0.2, 0) is 5.41 Å². The molecular weight excluding hydrogens is 246 g/mol. The van der Waals surface area contributed by atoms with E-state index in [0.717, 1.165) is 18.5 Å². The quantitative estimate of drug-likeness (QED) is 0.664. The summed E-state index contributed by atoms with van der Waals surface area (Å²) in [5.74, 6) is 0. The molecule has 1 aromatic carbocycles. The van der Waals surface area contributed by atoms with E-state index in [2.05, 4.69) is 11.0 Å². The minimum atomic E-state index is -1.50. The molecule has 0 heterocycles. The van der Waals surface area contributed by atoms with Gasteiger partial charge in [-0.15, -0.1) is 10.1 Å². The molecule has 6 heteroatoms. The summed E-state index contributed by atoms with van der Waals surface area (Å²) in [6, 6.07) is 12.4. The second kappa shape index (κ2) is 8.06. The monoisotopic (exact) mass is 265 g/mol. The van der Waals surface area contributed by atoms with Crippen LogP contribution in [0.1, 0.15) is 18.9 Å². The first-order chi connectivity index (χ1) is 8.81. The van der Waals surface area contributed by atoms with Crippen molar-refractivity contribution in [2.24, 2.45) is 0 Å². The summed E-state index contributed by atoms with van der Waals surface area (Å²) < 4.78 is 0. The van der Waals surface area contributed by atoms with Gasteiger partial charge in [-0.25, -0.2) is 0 Å². The average Bonchev–Trinajstić information content (AvgIpc) is 2.36. The summed E-state index contributed by atoms with van der Waals surface area (Å²) in [5.41, 5.74) is 0.736. The van der Waals surface area contributed by atoms with E-state index in [4.69, 9.17) is 15.3 Å². The fraction of sp³-hybridized carbons (Fsp3) is 0.462. The number of rotatable bonds is 4. The molecule has 0 aliphatic rings. The largest absolute Gasteiger partial charge is 0.328 e. The number of nitrogens with zero attached hydrogens (tertiary/aromatic N) is 3. The molecule has 0 saturated carbocycles. The van der Waals surface area contributed by atoms with Gasteiger partial charge in [0.2, 0.25) is 0 Å². The van der Waals surface area contributed by atoms with Crippen molar-refractivity contribution in [2.75, 3.05) is 20.6 Å². The minimum Gasteiger partial charge on any atom is -0.328 e. The Morgan fingerprint density at radius 2 is 1.89 bits per heavy atom. The van der Waals surface area contributed by atoms with Gasteiger partial charge in [0.25, 0.3) is 5.09 Å². The third kappa shape index (κ3) is 7.01. The Morgan fingerprint density at radius 3 is 2.26 bits per heavy atom. The number of hydrogen-bond acceptors (Lipinski definition) is 4. The lowest BCUT2D eigenvalue weighted by atomic mass is 9.81. The van der Waals surface area contributed by atoms with Gasteiger partial charge in [0.05, 0.1) is 11.5 Å². The van der Waals surface area contributed by atoms with E-state index in [-0.39, 0.29) is 5.41 Å². The van der Waals surface area contributed by atoms with Crippen LogP contribution in [0, 0.1) is 21.4 Å². The van der Waals surface area contributed by atoms with E-state index in [9.17, 15) is 5.26 Å². The maximum atomic E-state index is 9.28. The van der Waals surface area contributed by atoms with Crippen LogP contribution in [0.5, 0.6) is 0 Å². The molecule has 0 amide bonds. The van der Waals surface area contributed by atoms with Crippen LogP contribution >= 0.6 is 0 Å². The molecule has 0 radical (unpaired) electrons. The Kier molecular flexibility index (Phi) is 7.15. The van der Waals surface area contributed by atoms with E-state index in [1.807, 2.05) is 51.4 Å². The molecule has 0 spiro atoms. The molecule has 1 unspecified atom stereocenters. The van der Waals surface area contributed by atoms with Gasteiger partial charge in [-0.05, 0) is 39.5 Å². The van der Waals surface area contributed by atoms with Crippen molar-refractivity contribution >= 4 is 0 Å². The highest BCUT2D eigenvalue weighted by Gasteiger charge is 2.25. The summed E-state index contributed by atoms with van der Waals surface area (Å²) in [6.07, 6.45) is 0.862. The molecule has 0 aromatic heterocycles. The first-order valence-electron chi connectivity index (χ1n) is 5.76. The predicted molar refractivity (Wildman–Crippen MR) is 71.4 cm³/mol. The molecule has 19 heavy (non-hydrogen) atoms. The highest BCUT2D eigenvalue weighted by atomic mass is 16.9. The lowest BCUT2D eigenvalue weighted by molar-refractivity contribution is -0.742. The molecule has 0 aliphatic heterocycles. The first kappa shape index (κ1) is 16.9. The summed E-state index contributed by atoms with van der Waals surface area (Å²) in [5, 5.41) is 22.9. The fourth-order valence-corrected chi connectivity index (χ4v) is 1.52. The van der Waals surface area contributed by atoms with E-state index in [1.165, 1.54) is 0 Å². The zero-order valence-corrected chi connectivity index (χ0v) is 11.4. The van der Waals surface area contributed by atoms with Crippen molar-refractivity contribution in [3.8, 4) is 6.07 Å². The smallest absolute Gasteiger partial charge is 0.291 e. The van der Waals surface area contributed by atoms with Gasteiger partial charge < -0.3 is 10.1 Å². The van der Waals surface area contributed by atoms with E-state index in [1.54, 1.807) is 0 Å². The Morgan fingerprint density at radius 1 is 1.42 bits per heavy atom. The minimum absolute atomic E-state index is 0.370. The molecule has 1 aromatic rings. The zero-order valence-electron chi connectivity index (χ0n) is 11.4. The lowest BCUT2D eigenvalue weighted by Crippen LogP contribution is -2.26. The van der Waals surface area contributed by atoms with Gasteiger partial charge in [0.1, 0.15) is 0 Å². The standard InChI is InChI=1S/C13H18N2.HNO3/c1-13(11-14,9-10-15(2)3)12-7-5-4-6-8-12;2-1(3)4/h4-8H,9-10H2,1-3H3;(H,2,3,4). The van der Waals surface area contributed by atoms with Gasteiger partial charge in [-0.3, -0.25) is 0 Å². The highest BCUT2D eigenvalue weighted by molar-refractivity contribution is 5.30. The molecule has 0 saturated heterocycles. The Balaban J connectivity index is 0.000000711. The Labute approximate surface area is 113 Å². The van der Waals surface area contributed by atoms with Crippen molar-refractivity contribution in [1.29, 1.82) is 5.26 Å². The number of hydrogen-bond donors (Lipinski definition) is 1. The second-order valence-corrected chi connectivity index (χ2v) is 4.60. The molecule has 6 nitrogen and oxygen atoms in total. The number of benzene rings is 1. The second-order valence-electron chi connectivity index (χ2n) is 4.60. The van der Waals surface area contributed by atoms with E-state index in [0.29, 0.717) is 0 Å². The van der Waals surface area contributed by atoms with Gasteiger partial charge in [0.15, 0.2) is 0 Å². The van der Waals surface area contributed by atoms with Crippen molar-refractivity contribution < 1.29 is 10.3 Å². The fourth-order valence-electron chi connectivity index (χ4n) is 1.52. The van der Waals surface area contributed by atoms with Crippen LogP contribution in [0.3, 0.4) is 0 Å². The van der Waals surface area contributed by atoms with Crippen LogP contribution < -0.4 is 0 Å². The third-order valence-electron chi connectivity index (χ3n) is 2.72. The van der Waals surface area contributed by atoms with Crippen molar-refractivity contribution in [2.45, 2.75) is 18.8 Å². The molecule has 0 bridgehead atoms. The predicted octanol–water partition coefficient (Wildman–Crippen LogP) is 2.07.